The van der Waals surface area contributed by atoms with Gasteiger partial charge in [-0.25, -0.2) is 9.97 Å². The molecule has 0 bridgehead atoms. The van der Waals surface area contributed by atoms with Crippen LogP contribution < -0.4 is 20.7 Å². The number of anilines is 3. The number of methoxy groups -OCH3 is 1. The maximum atomic E-state index is 12.5. The lowest BCUT2D eigenvalue weighted by Crippen LogP contribution is -2.24. The monoisotopic (exact) mass is 391 g/mol. The van der Waals surface area contributed by atoms with Gasteiger partial charge < -0.3 is 20.7 Å². The first-order chi connectivity index (χ1) is 14.0. The first-order valence-corrected chi connectivity index (χ1v) is 8.93. The molecule has 1 heterocycles. The Morgan fingerprint density at radius 3 is 2.62 bits per heavy atom. The molecule has 0 spiro atoms. The third kappa shape index (κ3) is 5.52. The van der Waals surface area contributed by atoms with Crippen LogP contribution in [0.4, 0.5) is 17.3 Å². The highest BCUT2D eigenvalue weighted by Gasteiger charge is 2.10. The molecule has 2 aromatic carbocycles. The van der Waals surface area contributed by atoms with Crippen LogP contribution in [-0.4, -0.2) is 28.9 Å². The number of ether oxygens (including phenoxy) is 1. The number of aromatic nitrogens is 2. The highest BCUT2D eigenvalue weighted by atomic mass is 16.5. The van der Waals surface area contributed by atoms with Gasteiger partial charge in [0, 0.05) is 36.6 Å². The van der Waals surface area contributed by atoms with Crippen LogP contribution in [0, 0.1) is 0 Å². The van der Waals surface area contributed by atoms with Crippen LogP contribution >= 0.6 is 0 Å². The molecule has 0 atom stereocenters. The van der Waals surface area contributed by atoms with E-state index in [9.17, 15) is 9.59 Å². The molecule has 3 aromatic rings. The molecule has 8 heteroatoms. The number of nitrogens with one attached hydrogen (secondary N) is 3. The number of nitrogens with zero attached hydrogens (tertiary/aromatic N) is 2. The van der Waals surface area contributed by atoms with E-state index in [1.807, 2.05) is 30.3 Å². The molecule has 0 fully saturated rings. The van der Waals surface area contributed by atoms with Crippen molar-refractivity contribution < 1.29 is 14.3 Å². The van der Waals surface area contributed by atoms with E-state index in [1.54, 1.807) is 25.3 Å². The van der Waals surface area contributed by atoms with Crippen molar-refractivity contribution in [3.8, 4) is 5.75 Å². The van der Waals surface area contributed by atoms with Gasteiger partial charge in [0.25, 0.3) is 5.91 Å². The third-order valence-electron chi connectivity index (χ3n) is 3.96. The summed E-state index contributed by atoms with van der Waals surface area (Å²) in [6, 6.07) is 16.1. The molecule has 0 aliphatic heterocycles. The van der Waals surface area contributed by atoms with Gasteiger partial charge in [-0.05, 0) is 30.3 Å². The first-order valence-electron chi connectivity index (χ1n) is 8.93. The zero-order valence-electron chi connectivity index (χ0n) is 16.1. The van der Waals surface area contributed by atoms with Gasteiger partial charge in [0.2, 0.25) is 11.9 Å². The van der Waals surface area contributed by atoms with E-state index < -0.39 is 0 Å². The molecule has 0 aliphatic carbocycles. The number of hydrogen-bond donors (Lipinski definition) is 3. The lowest BCUT2D eigenvalue weighted by atomic mass is 10.2. The Bertz CT molecular complexity index is 1020. The molecule has 0 radical (unpaired) electrons. The number of benzene rings is 2. The van der Waals surface area contributed by atoms with Gasteiger partial charge in [0.05, 0.1) is 7.11 Å². The smallest absolute Gasteiger partial charge is 0.270 e. The molecule has 29 heavy (non-hydrogen) atoms. The van der Waals surface area contributed by atoms with Crippen molar-refractivity contribution in [2.24, 2.45) is 0 Å². The molecular formula is C21H21N5O3. The van der Waals surface area contributed by atoms with Crippen LogP contribution in [-0.2, 0) is 11.3 Å². The molecule has 2 amide bonds. The number of carbonyl (C=O) groups is 2. The summed E-state index contributed by atoms with van der Waals surface area (Å²) < 4.78 is 5.29. The van der Waals surface area contributed by atoms with Crippen molar-refractivity contribution in [1.82, 2.24) is 15.3 Å². The molecule has 1 aromatic heterocycles. The van der Waals surface area contributed by atoms with Gasteiger partial charge in [0.1, 0.15) is 11.4 Å². The van der Waals surface area contributed by atoms with Gasteiger partial charge >= 0.3 is 0 Å². The third-order valence-corrected chi connectivity index (χ3v) is 3.96. The van der Waals surface area contributed by atoms with Gasteiger partial charge in [-0.15, -0.1) is 0 Å². The molecular weight excluding hydrogens is 370 g/mol. The van der Waals surface area contributed by atoms with Crippen molar-refractivity contribution in [1.29, 1.82) is 0 Å². The number of para-hydroxylation sites is 1. The normalized spacial score (nSPS) is 10.1. The Morgan fingerprint density at radius 1 is 1.03 bits per heavy atom. The lowest BCUT2D eigenvalue weighted by molar-refractivity contribution is -0.114. The van der Waals surface area contributed by atoms with Crippen molar-refractivity contribution in [3.05, 3.63) is 72.1 Å². The van der Waals surface area contributed by atoms with Gasteiger partial charge in [-0.1, -0.05) is 24.3 Å². The van der Waals surface area contributed by atoms with Crippen LogP contribution in [0.1, 0.15) is 23.0 Å². The summed E-state index contributed by atoms with van der Waals surface area (Å²) in [4.78, 5) is 32.1. The van der Waals surface area contributed by atoms with Gasteiger partial charge in [-0.3, -0.25) is 9.59 Å². The van der Waals surface area contributed by atoms with E-state index in [-0.39, 0.29) is 23.5 Å². The summed E-state index contributed by atoms with van der Waals surface area (Å²) in [7, 11) is 1.59. The largest absolute Gasteiger partial charge is 0.496 e. The van der Waals surface area contributed by atoms with E-state index in [0.29, 0.717) is 23.7 Å². The van der Waals surface area contributed by atoms with Crippen LogP contribution in [0.25, 0.3) is 0 Å². The first kappa shape index (κ1) is 19.8. The van der Waals surface area contributed by atoms with Gasteiger partial charge in [0.15, 0.2) is 0 Å². The predicted molar refractivity (Wildman–Crippen MR) is 110 cm³/mol. The Labute approximate surface area is 168 Å². The van der Waals surface area contributed by atoms with Crippen LogP contribution in [0.3, 0.4) is 0 Å². The van der Waals surface area contributed by atoms with E-state index in [0.717, 1.165) is 5.56 Å². The van der Waals surface area contributed by atoms with Crippen molar-refractivity contribution in [3.63, 3.8) is 0 Å². The Hall–Kier alpha value is -3.94. The molecule has 148 valence electrons. The predicted octanol–water partition coefficient (Wildman–Crippen LogP) is 3.12. The maximum Gasteiger partial charge on any atom is 0.270 e. The van der Waals surface area contributed by atoms with E-state index in [1.165, 1.54) is 19.2 Å². The molecule has 3 rings (SSSR count). The molecule has 0 saturated carbocycles. The summed E-state index contributed by atoms with van der Waals surface area (Å²) in [6.45, 7) is 1.75. The molecule has 3 N–H and O–H groups in total. The van der Waals surface area contributed by atoms with Crippen LogP contribution in [0.5, 0.6) is 5.75 Å². The molecule has 0 aliphatic rings. The fourth-order valence-electron chi connectivity index (χ4n) is 2.67. The molecule has 0 saturated heterocycles. The fourth-order valence-corrected chi connectivity index (χ4v) is 2.67. The summed E-state index contributed by atoms with van der Waals surface area (Å²) in [5.74, 6) is 0.493. The molecule has 0 unspecified atom stereocenters. The number of rotatable bonds is 7. The Balaban J connectivity index is 1.67. The fraction of sp³-hybridized carbons (Fsp3) is 0.143. The molecule has 8 nitrogen and oxygen atoms in total. The maximum absolute atomic E-state index is 12.5. The topological polar surface area (TPSA) is 105 Å². The highest BCUT2D eigenvalue weighted by Crippen LogP contribution is 2.19. The average molecular weight is 391 g/mol. The van der Waals surface area contributed by atoms with E-state index >= 15 is 0 Å². The van der Waals surface area contributed by atoms with E-state index in [2.05, 4.69) is 25.9 Å². The van der Waals surface area contributed by atoms with Crippen LogP contribution in [0.15, 0.2) is 60.8 Å². The van der Waals surface area contributed by atoms with Gasteiger partial charge in [-0.2, -0.15) is 0 Å². The van der Waals surface area contributed by atoms with E-state index in [4.69, 9.17) is 4.74 Å². The summed E-state index contributed by atoms with van der Waals surface area (Å²) in [6.07, 6.45) is 1.50. The summed E-state index contributed by atoms with van der Waals surface area (Å²) in [5, 5.41) is 8.57. The second-order valence-electron chi connectivity index (χ2n) is 6.15. The summed E-state index contributed by atoms with van der Waals surface area (Å²) in [5.41, 5.74) is 2.43. The zero-order chi connectivity index (χ0) is 20.6. The Morgan fingerprint density at radius 2 is 1.83 bits per heavy atom. The van der Waals surface area contributed by atoms with Crippen LogP contribution in [0.2, 0.25) is 0 Å². The quantitative estimate of drug-likeness (QED) is 0.572. The minimum absolute atomic E-state index is 0.160. The summed E-state index contributed by atoms with van der Waals surface area (Å²) >= 11 is 0. The SMILES string of the molecule is COc1ccccc1CNC(=O)c1ccnc(Nc2cccc(NC(C)=O)c2)n1. The zero-order valence-corrected chi connectivity index (χ0v) is 16.1. The average Bonchev–Trinajstić information content (AvgIpc) is 2.72. The second-order valence-corrected chi connectivity index (χ2v) is 6.15. The lowest BCUT2D eigenvalue weighted by Gasteiger charge is -2.10. The number of carbonyl (C=O) groups excluding carboxylic acids is 2. The minimum atomic E-state index is -0.326. The van der Waals surface area contributed by atoms with Crippen molar-refractivity contribution >= 4 is 29.1 Å². The second kappa shape index (κ2) is 9.32. The Kier molecular flexibility index (Phi) is 6.36. The van der Waals surface area contributed by atoms with Crippen molar-refractivity contribution in [2.45, 2.75) is 13.5 Å². The number of amides is 2. The number of hydrogen-bond acceptors (Lipinski definition) is 6. The standard InChI is InChI=1S/C21H21N5O3/c1-14(27)24-16-7-5-8-17(12-16)25-21-22-11-10-18(26-21)20(28)23-13-15-6-3-4-9-19(15)29-2/h3-12H,13H2,1-2H3,(H,23,28)(H,24,27)(H,22,25,26). The minimum Gasteiger partial charge on any atom is -0.496 e. The highest BCUT2D eigenvalue weighted by molar-refractivity contribution is 5.92. The van der Waals surface area contributed by atoms with Crippen molar-refractivity contribution in [2.75, 3.05) is 17.7 Å².